The minimum atomic E-state index is -0.0900. The lowest BCUT2D eigenvalue weighted by Crippen LogP contribution is -1.98. The van der Waals surface area contributed by atoms with Crippen LogP contribution in [0.4, 0.5) is 0 Å². The molecule has 1 heterocycles. The van der Waals surface area contributed by atoms with Crippen molar-refractivity contribution in [1.29, 1.82) is 0 Å². The summed E-state index contributed by atoms with van der Waals surface area (Å²) in [5.74, 6) is 1.59. The van der Waals surface area contributed by atoms with Crippen molar-refractivity contribution in [2.45, 2.75) is 20.8 Å². The molecule has 1 aliphatic rings. The van der Waals surface area contributed by atoms with Gasteiger partial charge in [0.05, 0.1) is 5.56 Å². The molecule has 2 aromatic rings. The number of allylic oxidation sites excluding steroid dienone is 2. The fourth-order valence-corrected chi connectivity index (χ4v) is 2.52. The maximum absolute atomic E-state index is 12.5. The summed E-state index contributed by atoms with van der Waals surface area (Å²) in [6.45, 7) is 6.47. The van der Waals surface area contributed by atoms with E-state index >= 15 is 0 Å². The van der Waals surface area contributed by atoms with E-state index in [9.17, 15) is 4.79 Å². The molecule has 0 spiro atoms. The predicted molar refractivity (Wildman–Crippen MR) is 95.5 cm³/mol. The average Bonchev–Trinajstić information content (AvgIpc) is 2.88. The van der Waals surface area contributed by atoms with Gasteiger partial charge in [-0.15, -0.1) is 0 Å². The second-order valence-electron chi connectivity index (χ2n) is 6.01. The number of hydrogen-bond donors (Lipinski definition) is 0. The molecule has 0 fully saturated rings. The van der Waals surface area contributed by atoms with Crippen molar-refractivity contribution in [1.82, 2.24) is 0 Å². The molecule has 0 aromatic heterocycles. The Labute approximate surface area is 142 Å². The number of carbonyl (C=O) groups excluding carboxylic acids is 1. The van der Waals surface area contributed by atoms with Crippen molar-refractivity contribution in [3.63, 3.8) is 0 Å². The van der Waals surface area contributed by atoms with E-state index in [-0.39, 0.29) is 5.78 Å². The second kappa shape index (κ2) is 6.75. The first-order chi connectivity index (χ1) is 11.6. The first kappa shape index (κ1) is 16.1. The normalized spacial score (nSPS) is 14.3. The van der Waals surface area contributed by atoms with E-state index in [1.165, 1.54) is 5.57 Å². The highest BCUT2D eigenvalue weighted by molar-refractivity contribution is 6.14. The minimum Gasteiger partial charge on any atom is -0.489 e. The molecular formula is C21H20O3. The van der Waals surface area contributed by atoms with Crippen molar-refractivity contribution >= 4 is 11.9 Å². The lowest BCUT2D eigenvalue weighted by atomic mass is 10.1. The minimum absolute atomic E-state index is 0.0900. The molecule has 3 heteroatoms. The Bertz CT molecular complexity index is 826. The van der Waals surface area contributed by atoms with Crippen molar-refractivity contribution in [2.75, 3.05) is 6.61 Å². The number of Topliss-reactive ketones (excluding diaryl/α,β-unsaturated/α-hetero) is 1. The van der Waals surface area contributed by atoms with Crippen molar-refractivity contribution in [3.8, 4) is 11.5 Å². The Morgan fingerprint density at radius 2 is 1.88 bits per heavy atom. The predicted octanol–water partition coefficient (Wildman–Crippen LogP) is 4.96. The monoisotopic (exact) mass is 320 g/mol. The molecule has 0 amide bonds. The summed E-state index contributed by atoms with van der Waals surface area (Å²) in [5.41, 5.74) is 3.57. The Kier molecular flexibility index (Phi) is 4.52. The fourth-order valence-electron chi connectivity index (χ4n) is 2.52. The van der Waals surface area contributed by atoms with Crippen LogP contribution in [0, 0.1) is 6.92 Å². The smallest absolute Gasteiger partial charge is 0.231 e. The average molecular weight is 320 g/mol. The maximum Gasteiger partial charge on any atom is 0.231 e. The second-order valence-corrected chi connectivity index (χ2v) is 6.01. The van der Waals surface area contributed by atoms with Crippen LogP contribution in [0.2, 0.25) is 0 Å². The number of ether oxygens (including phenoxy) is 2. The van der Waals surface area contributed by atoms with Crippen molar-refractivity contribution in [2.24, 2.45) is 0 Å². The van der Waals surface area contributed by atoms with E-state index in [1.807, 2.05) is 63.2 Å². The molecular weight excluding hydrogens is 300 g/mol. The molecule has 3 rings (SSSR count). The fraction of sp³-hybridized carbons (Fsp3) is 0.190. The van der Waals surface area contributed by atoms with E-state index in [0.29, 0.717) is 23.7 Å². The zero-order chi connectivity index (χ0) is 17.1. The molecule has 0 atom stereocenters. The van der Waals surface area contributed by atoms with E-state index in [1.54, 1.807) is 12.1 Å². The summed E-state index contributed by atoms with van der Waals surface area (Å²) < 4.78 is 11.6. The molecule has 0 saturated carbocycles. The van der Waals surface area contributed by atoms with Gasteiger partial charge in [-0.3, -0.25) is 4.79 Å². The Balaban J connectivity index is 1.87. The van der Waals surface area contributed by atoms with Gasteiger partial charge in [-0.25, -0.2) is 0 Å². The number of ketones is 1. The number of rotatable bonds is 4. The van der Waals surface area contributed by atoms with Crippen LogP contribution in [0.1, 0.15) is 35.3 Å². The summed E-state index contributed by atoms with van der Waals surface area (Å²) in [7, 11) is 0. The van der Waals surface area contributed by atoms with Crippen LogP contribution in [0.5, 0.6) is 11.5 Å². The van der Waals surface area contributed by atoms with Crippen LogP contribution in [0.3, 0.4) is 0 Å². The van der Waals surface area contributed by atoms with Crippen molar-refractivity contribution in [3.05, 3.63) is 76.6 Å². The largest absolute Gasteiger partial charge is 0.489 e. The van der Waals surface area contributed by atoms with E-state index in [0.717, 1.165) is 16.9 Å². The van der Waals surface area contributed by atoms with Crippen LogP contribution in [-0.4, -0.2) is 12.4 Å². The SMILES string of the molecule is CC(C)=CCOc1ccc2c(c1C)O/C(=C\c1ccccc1)C2=O. The van der Waals surface area contributed by atoms with Gasteiger partial charge in [0.15, 0.2) is 5.76 Å². The van der Waals surface area contributed by atoms with E-state index in [4.69, 9.17) is 9.47 Å². The van der Waals surface area contributed by atoms with Gasteiger partial charge in [0.25, 0.3) is 0 Å². The lowest BCUT2D eigenvalue weighted by molar-refractivity contribution is 0.101. The standard InChI is InChI=1S/C21H20O3/c1-14(2)11-12-23-18-10-9-17-20(22)19(24-21(17)15(18)3)13-16-7-5-4-6-8-16/h4-11,13H,12H2,1-3H3/b19-13-. The third-order valence-corrected chi connectivity index (χ3v) is 3.86. The van der Waals surface area contributed by atoms with Gasteiger partial charge in [-0.1, -0.05) is 35.9 Å². The quantitative estimate of drug-likeness (QED) is 0.590. The molecule has 122 valence electrons. The lowest BCUT2D eigenvalue weighted by Gasteiger charge is -2.10. The molecule has 1 aliphatic heterocycles. The highest BCUT2D eigenvalue weighted by Crippen LogP contribution is 2.39. The first-order valence-electron chi connectivity index (χ1n) is 7.95. The first-order valence-corrected chi connectivity index (χ1v) is 7.95. The summed E-state index contributed by atoms with van der Waals surface area (Å²) in [6.07, 6.45) is 3.78. The van der Waals surface area contributed by atoms with Crippen LogP contribution < -0.4 is 9.47 Å². The van der Waals surface area contributed by atoms with Crippen LogP contribution in [0.25, 0.3) is 6.08 Å². The Hall–Kier alpha value is -2.81. The third-order valence-electron chi connectivity index (χ3n) is 3.86. The highest BCUT2D eigenvalue weighted by atomic mass is 16.5. The van der Waals surface area contributed by atoms with Crippen molar-refractivity contribution < 1.29 is 14.3 Å². The summed E-state index contributed by atoms with van der Waals surface area (Å²) in [4.78, 5) is 12.5. The van der Waals surface area contributed by atoms with Crippen LogP contribution in [-0.2, 0) is 0 Å². The van der Waals surface area contributed by atoms with E-state index < -0.39 is 0 Å². The molecule has 0 N–H and O–H groups in total. The van der Waals surface area contributed by atoms with E-state index in [2.05, 4.69) is 0 Å². The molecule has 0 radical (unpaired) electrons. The van der Waals surface area contributed by atoms with Gasteiger partial charge in [-0.2, -0.15) is 0 Å². The topological polar surface area (TPSA) is 35.5 Å². The molecule has 0 saturated heterocycles. The highest BCUT2D eigenvalue weighted by Gasteiger charge is 2.30. The zero-order valence-electron chi connectivity index (χ0n) is 14.1. The molecule has 2 aromatic carbocycles. The summed E-state index contributed by atoms with van der Waals surface area (Å²) >= 11 is 0. The molecule has 0 bridgehead atoms. The Morgan fingerprint density at radius 3 is 2.58 bits per heavy atom. The third kappa shape index (κ3) is 3.25. The van der Waals surface area contributed by atoms with Crippen LogP contribution >= 0.6 is 0 Å². The number of fused-ring (bicyclic) bond motifs is 1. The molecule has 0 unspecified atom stereocenters. The number of benzene rings is 2. The summed E-state index contributed by atoms with van der Waals surface area (Å²) in [5, 5.41) is 0. The number of hydrogen-bond acceptors (Lipinski definition) is 3. The van der Waals surface area contributed by atoms with Gasteiger partial charge < -0.3 is 9.47 Å². The van der Waals surface area contributed by atoms with Gasteiger partial charge in [-0.05, 0) is 50.6 Å². The molecule has 0 aliphatic carbocycles. The van der Waals surface area contributed by atoms with Gasteiger partial charge in [0, 0.05) is 5.56 Å². The maximum atomic E-state index is 12.5. The van der Waals surface area contributed by atoms with Crippen LogP contribution in [0.15, 0.2) is 59.9 Å². The van der Waals surface area contributed by atoms with Gasteiger partial charge >= 0.3 is 0 Å². The van der Waals surface area contributed by atoms with Gasteiger partial charge in [0.2, 0.25) is 5.78 Å². The molecule has 24 heavy (non-hydrogen) atoms. The zero-order valence-corrected chi connectivity index (χ0v) is 14.1. The number of carbonyl (C=O) groups is 1. The Morgan fingerprint density at radius 1 is 1.12 bits per heavy atom. The molecule has 3 nitrogen and oxygen atoms in total. The van der Waals surface area contributed by atoms with Gasteiger partial charge in [0.1, 0.15) is 18.1 Å². The summed E-state index contributed by atoms with van der Waals surface area (Å²) in [6, 6.07) is 13.3.